The van der Waals surface area contributed by atoms with Gasteiger partial charge in [0.05, 0.1) is 11.4 Å². The molecule has 40 heavy (non-hydrogen) atoms. The number of hydrogen-bond donors (Lipinski definition) is 0. The molecule has 1 aliphatic carbocycles. The third-order valence-corrected chi connectivity index (χ3v) is 8.19. The molecule has 192 valence electrons. The van der Waals surface area contributed by atoms with E-state index in [0.717, 1.165) is 33.6 Å². The van der Waals surface area contributed by atoms with Gasteiger partial charge in [-0.2, -0.15) is 0 Å². The van der Waals surface area contributed by atoms with Crippen LogP contribution in [0.3, 0.4) is 0 Å². The Morgan fingerprint density at radius 2 is 1.10 bits per heavy atom. The summed E-state index contributed by atoms with van der Waals surface area (Å²) in [7, 11) is 0. The first-order valence-electron chi connectivity index (χ1n) is 13.5. The zero-order valence-corrected chi connectivity index (χ0v) is 23.2. The number of halogens is 1. The molecule has 3 heteroatoms. The fourth-order valence-electron chi connectivity index (χ4n) is 5.85. The van der Waals surface area contributed by atoms with Crippen molar-refractivity contribution < 1.29 is 0 Å². The van der Waals surface area contributed by atoms with Crippen molar-refractivity contribution in [3.8, 4) is 56.2 Å². The molecule has 0 spiro atoms. The van der Waals surface area contributed by atoms with E-state index in [2.05, 4.69) is 98.8 Å². The van der Waals surface area contributed by atoms with E-state index < -0.39 is 0 Å². The van der Waals surface area contributed by atoms with Crippen molar-refractivity contribution in [2.45, 2.75) is 19.3 Å². The van der Waals surface area contributed by atoms with Crippen molar-refractivity contribution in [3.63, 3.8) is 0 Å². The largest absolute Gasteiger partial charge is 0.228 e. The molecule has 1 aromatic heterocycles. The van der Waals surface area contributed by atoms with Gasteiger partial charge in [0.1, 0.15) is 0 Å². The van der Waals surface area contributed by atoms with Gasteiger partial charge in [0.2, 0.25) is 0 Å². The minimum absolute atomic E-state index is 0.0390. The third kappa shape index (κ3) is 4.22. The normalized spacial score (nSPS) is 13.1. The predicted molar refractivity (Wildman–Crippen MR) is 166 cm³/mol. The van der Waals surface area contributed by atoms with Gasteiger partial charge in [0, 0.05) is 27.1 Å². The van der Waals surface area contributed by atoms with Crippen LogP contribution in [-0.4, -0.2) is 9.97 Å². The van der Waals surface area contributed by atoms with E-state index in [9.17, 15) is 0 Å². The lowest BCUT2D eigenvalue weighted by Crippen LogP contribution is -2.14. The molecule has 0 saturated heterocycles. The number of hydrogen-bond acceptors (Lipinski definition) is 2. The molecule has 1 heterocycles. The average Bonchev–Trinajstić information content (AvgIpc) is 3.23. The van der Waals surface area contributed by atoms with E-state index in [0.29, 0.717) is 10.8 Å². The van der Waals surface area contributed by atoms with Gasteiger partial charge in [0.25, 0.3) is 0 Å². The fourth-order valence-corrected chi connectivity index (χ4v) is 6.04. The number of fused-ring (bicyclic) bond motifs is 3. The van der Waals surface area contributed by atoms with Crippen molar-refractivity contribution in [1.82, 2.24) is 9.97 Å². The van der Waals surface area contributed by atoms with Crippen LogP contribution >= 0.6 is 11.6 Å². The van der Waals surface area contributed by atoms with Crippen molar-refractivity contribution in [1.29, 1.82) is 0 Å². The Morgan fingerprint density at radius 1 is 0.475 bits per heavy atom. The first-order valence-corrected chi connectivity index (χ1v) is 13.9. The molecule has 7 rings (SSSR count). The Balaban J connectivity index is 1.34. The maximum atomic E-state index is 6.33. The van der Waals surface area contributed by atoms with Gasteiger partial charge in [-0.1, -0.05) is 123 Å². The maximum absolute atomic E-state index is 6.33. The molecule has 0 atom stereocenters. The third-order valence-electron chi connectivity index (χ3n) is 7.95. The molecule has 0 aliphatic heterocycles. The van der Waals surface area contributed by atoms with E-state index in [1.54, 1.807) is 0 Å². The number of benzene rings is 5. The monoisotopic (exact) mass is 534 g/mol. The molecule has 0 N–H and O–H groups in total. The predicted octanol–water partition coefficient (Wildman–Crippen LogP) is 10.1. The van der Waals surface area contributed by atoms with E-state index in [1.807, 2.05) is 42.5 Å². The van der Waals surface area contributed by atoms with Crippen LogP contribution in [0.1, 0.15) is 25.0 Å². The van der Waals surface area contributed by atoms with Gasteiger partial charge in [-0.25, -0.2) is 9.97 Å². The molecular formula is C37H27ClN2. The highest BCUT2D eigenvalue weighted by atomic mass is 35.5. The molecule has 0 amide bonds. The molecule has 0 unspecified atom stereocenters. The molecule has 0 bridgehead atoms. The van der Waals surface area contributed by atoms with Gasteiger partial charge < -0.3 is 0 Å². The highest BCUT2D eigenvalue weighted by Gasteiger charge is 2.35. The van der Waals surface area contributed by atoms with E-state index in [1.165, 1.54) is 27.8 Å². The summed E-state index contributed by atoms with van der Waals surface area (Å²) < 4.78 is 0. The quantitative estimate of drug-likeness (QED) is 0.225. The second-order valence-electron chi connectivity index (χ2n) is 10.9. The summed E-state index contributed by atoms with van der Waals surface area (Å²) in [5, 5.41) is 0.663. The molecule has 0 radical (unpaired) electrons. The lowest BCUT2D eigenvalue weighted by atomic mass is 9.81. The van der Waals surface area contributed by atoms with E-state index >= 15 is 0 Å². The molecule has 1 aliphatic rings. The van der Waals surface area contributed by atoms with Crippen molar-refractivity contribution in [2.24, 2.45) is 0 Å². The van der Waals surface area contributed by atoms with Gasteiger partial charge in [-0.15, -0.1) is 0 Å². The summed E-state index contributed by atoms with van der Waals surface area (Å²) in [6.07, 6.45) is 0. The van der Waals surface area contributed by atoms with Crippen LogP contribution < -0.4 is 0 Å². The summed E-state index contributed by atoms with van der Waals surface area (Å²) >= 11 is 6.33. The Morgan fingerprint density at radius 3 is 1.93 bits per heavy atom. The van der Waals surface area contributed by atoms with Gasteiger partial charge in [-0.05, 0) is 63.7 Å². The Kier molecular flexibility index (Phi) is 5.87. The van der Waals surface area contributed by atoms with Crippen LogP contribution in [0.15, 0.2) is 127 Å². The number of rotatable bonds is 4. The van der Waals surface area contributed by atoms with Crippen LogP contribution in [0.5, 0.6) is 0 Å². The van der Waals surface area contributed by atoms with E-state index in [-0.39, 0.29) is 5.41 Å². The number of nitrogens with zero attached hydrogens (tertiary/aromatic N) is 2. The summed E-state index contributed by atoms with van der Waals surface area (Å²) in [4.78, 5) is 9.94. The summed E-state index contributed by atoms with van der Waals surface area (Å²) in [6.45, 7) is 4.64. The van der Waals surface area contributed by atoms with Crippen molar-refractivity contribution in [2.75, 3.05) is 0 Å². The lowest BCUT2D eigenvalue weighted by molar-refractivity contribution is 0.660. The van der Waals surface area contributed by atoms with Crippen molar-refractivity contribution >= 4 is 11.6 Å². The first kappa shape index (κ1) is 24.5. The van der Waals surface area contributed by atoms with Crippen LogP contribution in [0, 0.1) is 0 Å². The standard InChI is InChI=1S/C37H27ClN2/c1-37(2)32-17-7-6-16-30(32)31-19-18-26(22-33(31)37)25-12-8-13-27(20-25)35-23-34(24-10-4-3-5-11-24)39-36(40-35)28-14-9-15-29(38)21-28/h3-23H,1-2H3. The summed E-state index contributed by atoms with van der Waals surface area (Å²) in [5.41, 5.74) is 12.5. The van der Waals surface area contributed by atoms with Gasteiger partial charge in [0.15, 0.2) is 5.82 Å². The van der Waals surface area contributed by atoms with Crippen LogP contribution in [0.2, 0.25) is 5.02 Å². The highest BCUT2D eigenvalue weighted by molar-refractivity contribution is 6.30. The smallest absolute Gasteiger partial charge is 0.160 e. The Bertz CT molecular complexity index is 1890. The zero-order chi connectivity index (χ0) is 27.3. The van der Waals surface area contributed by atoms with Crippen molar-refractivity contribution in [3.05, 3.63) is 144 Å². The Labute approximate surface area is 240 Å². The molecular weight excluding hydrogens is 508 g/mol. The zero-order valence-electron chi connectivity index (χ0n) is 22.4. The minimum Gasteiger partial charge on any atom is -0.228 e. The first-order chi connectivity index (χ1) is 19.5. The summed E-state index contributed by atoms with van der Waals surface area (Å²) in [6, 6.07) is 44.3. The summed E-state index contributed by atoms with van der Waals surface area (Å²) in [5.74, 6) is 0.654. The second-order valence-corrected chi connectivity index (χ2v) is 11.3. The molecule has 6 aromatic rings. The minimum atomic E-state index is -0.0390. The van der Waals surface area contributed by atoms with Gasteiger partial charge >= 0.3 is 0 Å². The maximum Gasteiger partial charge on any atom is 0.160 e. The van der Waals surface area contributed by atoms with Crippen LogP contribution in [-0.2, 0) is 5.41 Å². The topological polar surface area (TPSA) is 25.8 Å². The average molecular weight is 535 g/mol. The fraction of sp³-hybridized carbons (Fsp3) is 0.0811. The van der Waals surface area contributed by atoms with Crippen LogP contribution in [0.25, 0.3) is 56.2 Å². The lowest BCUT2D eigenvalue weighted by Gasteiger charge is -2.22. The van der Waals surface area contributed by atoms with E-state index in [4.69, 9.17) is 21.6 Å². The molecule has 0 fully saturated rings. The highest BCUT2D eigenvalue weighted by Crippen LogP contribution is 2.49. The van der Waals surface area contributed by atoms with Crippen LogP contribution in [0.4, 0.5) is 0 Å². The molecule has 2 nitrogen and oxygen atoms in total. The van der Waals surface area contributed by atoms with Gasteiger partial charge in [-0.3, -0.25) is 0 Å². The second kappa shape index (κ2) is 9.59. The Hall–Kier alpha value is -4.53. The number of aromatic nitrogens is 2. The molecule has 0 saturated carbocycles. The molecule has 5 aromatic carbocycles. The SMILES string of the molecule is CC1(C)c2ccccc2-c2ccc(-c3cccc(-c4cc(-c5ccccc5)nc(-c5cccc(Cl)c5)n4)c3)cc21.